The largest absolute Gasteiger partial charge is 0.373 e. The van der Waals surface area contributed by atoms with Crippen molar-refractivity contribution in [3.63, 3.8) is 0 Å². The first-order valence-electron chi connectivity index (χ1n) is 7.98. The molecule has 0 bridgehead atoms. The number of piperidine rings is 1. The van der Waals surface area contributed by atoms with E-state index in [0.717, 1.165) is 18.4 Å². The number of amides is 1. The van der Waals surface area contributed by atoms with Gasteiger partial charge < -0.3 is 15.4 Å². The molecule has 1 amide bonds. The lowest BCUT2D eigenvalue weighted by Gasteiger charge is -2.34. The highest BCUT2D eigenvalue weighted by atomic mass is 35.5. The van der Waals surface area contributed by atoms with Crippen LogP contribution in [-0.2, 0) is 16.1 Å². The molecule has 4 nitrogen and oxygen atoms in total. The zero-order valence-electron chi connectivity index (χ0n) is 13.6. The van der Waals surface area contributed by atoms with Crippen molar-refractivity contribution in [2.75, 3.05) is 13.1 Å². The number of hydrogen-bond donors (Lipinski definition) is 1. The van der Waals surface area contributed by atoms with Crippen LogP contribution in [0.2, 0.25) is 10.0 Å². The van der Waals surface area contributed by atoms with Crippen LogP contribution in [-0.4, -0.2) is 36.0 Å². The number of benzene rings is 1. The predicted molar refractivity (Wildman–Crippen MR) is 93.7 cm³/mol. The van der Waals surface area contributed by atoms with E-state index in [4.69, 9.17) is 33.7 Å². The Hall–Kier alpha value is -0.810. The highest BCUT2D eigenvalue weighted by molar-refractivity contribution is 6.42. The van der Waals surface area contributed by atoms with E-state index in [2.05, 4.69) is 0 Å². The minimum absolute atomic E-state index is 0.0444. The van der Waals surface area contributed by atoms with Crippen molar-refractivity contribution < 1.29 is 9.53 Å². The average molecular weight is 359 g/mol. The summed E-state index contributed by atoms with van der Waals surface area (Å²) >= 11 is 11.9. The zero-order chi connectivity index (χ0) is 17.0. The molecule has 1 aliphatic heterocycles. The van der Waals surface area contributed by atoms with Crippen molar-refractivity contribution >= 4 is 29.1 Å². The van der Waals surface area contributed by atoms with Gasteiger partial charge in [-0.15, -0.1) is 0 Å². The smallest absolute Gasteiger partial charge is 0.239 e. The first-order chi connectivity index (χ1) is 10.9. The van der Waals surface area contributed by atoms with Crippen molar-refractivity contribution in [2.45, 2.75) is 45.4 Å². The minimum Gasteiger partial charge on any atom is -0.373 e. The average Bonchev–Trinajstić information content (AvgIpc) is 2.55. The summed E-state index contributed by atoms with van der Waals surface area (Å²) in [5.41, 5.74) is 6.94. The summed E-state index contributed by atoms with van der Waals surface area (Å²) in [5.74, 6) is 0.203. The summed E-state index contributed by atoms with van der Waals surface area (Å²) < 4.78 is 5.93. The maximum Gasteiger partial charge on any atom is 0.239 e. The summed E-state index contributed by atoms with van der Waals surface area (Å²) in [6.45, 7) is 5.84. The van der Waals surface area contributed by atoms with Crippen LogP contribution in [0.4, 0.5) is 0 Å². The summed E-state index contributed by atoms with van der Waals surface area (Å²) in [6.07, 6.45) is 1.82. The first kappa shape index (κ1) is 18.5. The third kappa shape index (κ3) is 5.08. The highest BCUT2D eigenvalue weighted by Crippen LogP contribution is 2.24. The maximum absolute atomic E-state index is 12.2. The molecule has 0 radical (unpaired) electrons. The number of carbonyl (C=O) groups is 1. The van der Waals surface area contributed by atoms with E-state index in [0.29, 0.717) is 29.7 Å². The van der Waals surface area contributed by atoms with Crippen LogP contribution in [0.25, 0.3) is 0 Å². The minimum atomic E-state index is -0.413. The Morgan fingerprint density at radius 1 is 1.30 bits per heavy atom. The fourth-order valence-corrected chi connectivity index (χ4v) is 2.90. The number of hydrogen-bond acceptors (Lipinski definition) is 3. The molecule has 1 heterocycles. The Labute approximate surface area is 147 Å². The molecular weight excluding hydrogens is 335 g/mol. The fourth-order valence-electron chi connectivity index (χ4n) is 2.58. The van der Waals surface area contributed by atoms with Gasteiger partial charge in [-0.2, -0.15) is 0 Å². The quantitative estimate of drug-likeness (QED) is 0.876. The molecule has 0 spiro atoms. The first-order valence-corrected chi connectivity index (χ1v) is 8.74. The molecule has 1 fully saturated rings. The Morgan fingerprint density at radius 2 is 1.96 bits per heavy atom. The lowest BCUT2D eigenvalue weighted by molar-refractivity contribution is -0.136. The molecule has 128 valence electrons. The van der Waals surface area contributed by atoms with Crippen molar-refractivity contribution in [3.8, 4) is 0 Å². The predicted octanol–water partition coefficient (Wildman–Crippen LogP) is 3.48. The SMILES string of the molecule is CC(C)[C@H](N)C(=O)N1CCC(OCc2ccc(Cl)c(Cl)c2)CC1. The van der Waals surface area contributed by atoms with E-state index < -0.39 is 6.04 Å². The van der Waals surface area contributed by atoms with E-state index in [9.17, 15) is 4.79 Å². The molecule has 1 saturated heterocycles. The number of halogens is 2. The Balaban J connectivity index is 1.78. The van der Waals surface area contributed by atoms with E-state index in [1.54, 1.807) is 6.07 Å². The third-order valence-electron chi connectivity index (χ3n) is 4.23. The Kier molecular flexibility index (Phi) is 6.72. The molecule has 1 aliphatic rings. The number of carbonyl (C=O) groups excluding carboxylic acids is 1. The molecule has 6 heteroatoms. The molecule has 0 aliphatic carbocycles. The molecule has 1 aromatic carbocycles. The lowest BCUT2D eigenvalue weighted by Crippen LogP contribution is -2.50. The van der Waals surface area contributed by atoms with Crippen molar-refractivity contribution in [1.29, 1.82) is 0 Å². The number of rotatable bonds is 5. The number of ether oxygens (including phenoxy) is 1. The normalized spacial score (nSPS) is 17.6. The van der Waals surface area contributed by atoms with E-state index in [1.807, 2.05) is 30.9 Å². The van der Waals surface area contributed by atoms with Gasteiger partial charge >= 0.3 is 0 Å². The van der Waals surface area contributed by atoms with Gasteiger partial charge in [-0.25, -0.2) is 0 Å². The van der Waals surface area contributed by atoms with Crippen LogP contribution in [0.3, 0.4) is 0 Å². The van der Waals surface area contributed by atoms with Gasteiger partial charge in [-0.05, 0) is 36.5 Å². The summed E-state index contributed by atoms with van der Waals surface area (Å²) in [4.78, 5) is 14.1. The van der Waals surface area contributed by atoms with Crippen molar-refractivity contribution in [1.82, 2.24) is 4.90 Å². The van der Waals surface area contributed by atoms with Gasteiger partial charge in [0.15, 0.2) is 0 Å². The fraction of sp³-hybridized carbons (Fsp3) is 0.588. The highest BCUT2D eigenvalue weighted by Gasteiger charge is 2.27. The van der Waals surface area contributed by atoms with Crippen molar-refractivity contribution in [2.24, 2.45) is 11.7 Å². The maximum atomic E-state index is 12.2. The molecule has 0 aromatic heterocycles. The van der Waals surface area contributed by atoms with Crippen LogP contribution >= 0.6 is 23.2 Å². The van der Waals surface area contributed by atoms with Gasteiger partial charge in [0.25, 0.3) is 0 Å². The van der Waals surface area contributed by atoms with Crippen LogP contribution < -0.4 is 5.73 Å². The van der Waals surface area contributed by atoms with E-state index >= 15 is 0 Å². The van der Waals surface area contributed by atoms with E-state index in [-0.39, 0.29) is 17.9 Å². The van der Waals surface area contributed by atoms with Gasteiger partial charge in [-0.3, -0.25) is 4.79 Å². The number of nitrogens with two attached hydrogens (primary N) is 1. The molecule has 2 rings (SSSR count). The molecule has 1 aromatic rings. The van der Waals surface area contributed by atoms with Crippen LogP contribution in [0, 0.1) is 5.92 Å². The second-order valence-electron chi connectivity index (χ2n) is 6.35. The summed E-state index contributed by atoms with van der Waals surface area (Å²) in [6, 6.07) is 5.10. The second-order valence-corrected chi connectivity index (χ2v) is 7.17. The van der Waals surface area contributed by atoms with Crippen LogP contribution in [0.15, 0.2) is 18.2 Å². The van der Waals surface area contributed by atoms with Gasteiger partial charge in [0, 0.05) is 13.1 Å². The van der Waals surface area contributed by atoms with Gasteiger partial charge in [0.05, 0.1) is 28.8 Å². The van der Waals surface area contributed by atoms with Gasteiger partial charge in [0.1, 0.15) is 0 Å². The number of nitrogens with zero attached hydrogens (tertiary/aromatic N) is 1. The molecule has 0 unspecified atom stereocenters. The standard InChI is InChI=1S/C17H24Cl2N2O2/c1-11(2)16(20)17(22)21-7-5-13(6-8-21)23-10-12-3-4-14(18)15(19)9-12/h3-4,9,11,13,16H,5-8,10,20H2,1-2H3/t16-/m0/s1. The number of likely N-dealkylation sites (tertiary alicyclic amines) is 1. The summed E-state index contributed by atoms with van der Waals surface area (Å²) in [7, 11) is 0. The topological polar surface area (TPSA) is 55.6 Å². The Bertz CT molecular complexity index is 543. The van der Waals surface area contributed by atoms with Gasteiger partial charge in [-0.1, -0.05) is 43.1 Å². The Morgan fingerprint density at radius 3 is 2.52 bits per heavy atom. The second kappa shape index (κ2) is 8.34. The monoisotopic (exact) mass is 358 g/mol. The molecule has 1 atom stereocenters. The van der Waals surface area contributed by atoms with Crippen LogP contribution in [0.5, 0.6) is 0 Å². The zero-order valence-corrected chi connectivity index (χ0v) is 15.1. The van der Waals surface area contributed by atoms with Crippen molar-refractivity contribution in [3.05, 3.63) is 33.8 Å². The van der Waals surface area contributed by atoms with Gasteiger partial charge in [0.2, 0.25) is 5.91 Å². The molecular formula is C17H24Cl2N2O2. The molecule has 2 N–H and O–H groups in total. The van der Waals surface area contributed by atoms with Crippen LogP contribution in [0.1, 0.15) is 32.3 Å². The molecule has 0 saturated carbocycles. The third-order valence-corrected chi connectivity index (χ3v) is 4.97. The summed E-state index contributed by atoms with van der Waals surface area (Å²) in [5, 5.41) is 1.08. The lowest BCUT2D eigenvalue weighted by atomic mass is 10.0. The van der Waals surface area contributed by atoms with E-state index in [1.165, 1.54) is 0 Å². The molecule has 23 heavy (non-hydrogen) atoms.